The Hall–Kier alpha value is -0.413. The first-order chi connectivity index (χ1) is 5.04. The Labute approximate surface area is 70.0 Å². The number of ketones is 1. The van der Waals surface area contributed by atoms with Gasteiger partial charge in [0.05, 0.1) is 0 Å². The smallest absolute Gasteiger partial charge is 0.204 e. The lowest BCUT2D eigenvalue weighted by Gasteiger charge is -2.04. The number of Topliss-reactive ketones (excluding diaryl/α,β-unsaturated/α-hetero) is 1. The molecule has 0 aromatic heterocycles. The Morgan fingerprint density at radius 1 is 1.55 bits per heavy atom. The fraction of sp³-hybridized carbons (Fsp3) is 0.625. The lowest BCUT2D eigenvalue weighted by molar-refractivity contribution is -0.115. The molecule has 0 amide bonds. The first-order valence-electron chi connectivity index (χ1n) is 3.65. The summed E-state index contributed by atoms with van der Waals surface area (Å²) in [7, 11) is -0.637. The minimum absolute atomic E-state index is 0.105. The van der Waals surface area contributed by atoms with E-state index in [-0.39, 0.29) is 5.78 Å². The van der Waals surface area contributed by atoms with Crippen molar-refractivity contribution in [3.63, 3.8) is 0 Å². The van der Waals surface area contributed by atoms with Crippen LogP contribution in [0.1, 0.15) is 13.3 Å². The number of rotatable bonds is 5. The van der Waals surface area contributed by atoms with Crippen molar-refractivity contribution in [2.24, 2.45) is 0 Å². The molecular formula is C8H15O2Si. The van der Waals surface area contributed by atoms with Gasteiger partial charge >= 0.3 is 0 Å². The van der Waals surface area contributed by atoms with Gasteiger partial charge in [0, 0.05) is 13.0 Å². The molecule has 0 aliphatic heterocycles. The summed E-state index contributed by atoms with van der Waals surface area (Å²) in [6.45, 7) is 9.94. The molecule has 0 heterocycles. The molecular weight excluding hydrogens is 156 g/mol. The van der Waals surface area contributed by atoms with Crippen molar-refractivity contribution in [3.05, 3.63) is 12.2 Å². The Kier molecular flexibility index (Phi) is 5.07. The van der Waals surface area contributed by atoms with Crippen LogP contribution < -0.4 is 0 Å². The van der Waals surface area contributed by atoms with E-state index in [1.165, 1.54) is 0 Å². The first-order valence-corrected chi connectivity index (χ1v) is 6.06. The number of hydrogen-bond acceptors (Lipinski definition) is 2. The second kappa shape index (κ2) is 5.27. The van der Waals surface area contributed by atoms with Gasteiger partial charge in [-0.15, -0.1) is 0 Å². The average molecular weight is 171 g/mol. The minimum Gasteiger partial charge on any atom is -0.417 e. The SMILES string of the molecule is C=C(C)C(=O)CCO[Si](C)C. The normalized spacial score (nSPS) is 10.2. The molecule has 0 aromatic rings. The number of carbonyl (C=O) groups is 1. The van der Waals surface area contributed by atoms with Gasteiger partial charge < -0.3 is 4.43 Å². The maximum absolute atomic E-state index is 11.0. The highest BCUT2D eigenvalue weighted by molar-refractivity contribution is 6.48. The van der Waals surface area contributed by atoms with Crippen molar-refractivity contribution in [2.45, 2.75) is 26.4 Å². The maximum atomic E-state index is 11.0. The zero-order valence-electron chi connectivity index (χ0n) is 7.44. The Balaban J connectivity index is 3.40. The van der Waals surface area contributed by atoms with Crippen LogP contribution in [0.25, 0.3) is 0 Å². The quantitative estimate of drug-likeness (QED) is 0.465. The molecule has 3 heteroatoms. The molecule has 63 valence electrons. The zero-order chi connectivity index (χ0) is 8.85. The second-order valence-corrected chi connectivity index (χ2v) is 4.82. The molecule has 0 unspecified atom stereocenters. The summed E-state index contributed by atoms with van der Waals surface area (Å²) < 4.78 is 5.30. The summed E-state index contributed by atoms with van der Waals surface area (Å²) in [5.41, 5.74) is 0.620. The van der Waals surface area contributed by atoms with Crippen LogP contribution >= 0.6 is 0 Å². The average Bonchev–Trinajstić information content (AvgIpc) is 1.86. The Morgan fingerprint density at radius 2 is 2.09 bits per heavy atom. The molecule has 0 aromatic carbocycles. The third-order valence-corrected chi connectivity index (χ3v) is 1.98. The molecule has 0 rings (SSSR count). The fourth-order valence-corrected chi connectivity index (χ4v) is 1.07. The second-order valence-electron chi connectivity index (χ2n) is 2.71. The van der Waals surface area contributed by atoms with Crippen LogP contribution in [0.15, 0.2) is 12.2 Å². The molecule has 0 spiro atoms. The van der Waals surface area contributed by atoms with E-state index in [0.29, 0.717) is 18.6 Å². The van der Waals surface area contributed by atoms with E-state index in [1.807, 2.05) is 0 Å². The highest BCUT2D eigenvalue weighted by Crippen LogP contribution is 1.96. The molecule has 0 atom stereocenters. The van der Waals surface area contributed by atoms with Gasteiger partial charge in [0.1, 0.15) is 0 Å². The van der Waals surface area contributed by atoms with Crippen molar-refractivity contribution >= 4 is 14.8 Å². The fourth-order valence-electron chi connectivity index (χ4n) is 0.561. The molecule has 0 saturated heterocycles. The largest absolute Gasteiger partial charge is 0.417 e. The summed E-state index contributed by atoms with van der Waals surface area (Å²) >= 11 is 0. The van der Waals surface area contributed by atoms with E-state index in [9.17, 15) is 4.79 Å². The van der Waals surface area contributed by atoms with E-state index in [4.69, 9.17) is 4.43 Å². The highest BCUT2D eigenvalue weighted by atomic mass is 28.3. The van der Waals surface area contributed by atoms with Gasteiger partial charge in [-0.25, -0.2) is 0 Å². The van der Waals surface area contributed by atoms with Gasteiger partial charge in [-0.05, 0) is 25.6 Å². The Morgan fingerprint density at radius 3 is 2.45 bits per heavy atom. The van der Waals surface area contributed by atoms with E-state index in [1.54, 1.807) is 6.92 Å². The molecule has 0 aliphatic rings. The molecule has 0 fully saturated rings. The predicted molar refractivity (Wildman–Crippen MR) is 47.9 cm³/mol. The van der Waals surface area contributed by atoms with Gasteiger partial charge in [-0.3, -0.25) is 4.79 Å². The zero-order valence-corrected chi connectivity index (χ0v) is 8.44. The van der Waals surface area contributed by atoms with Crippen LogP contribution in [0.5, 0.6) is 0 Å². The van der Waals surface area contributed by atoms with Gasteiger partial charge in [-0.1, -0.05) is 6.58 Å². The topological polar surface area (TPSA) is 26.3 Å². The van der Waals surface area contributed by atoms with Crippen LogP contribution in [-0.2, 0) is 9.22 Å². The summed E-state index contributed by atoms with van der Waals surface area (Å²) in [6, 6.07) is 0. The summed E-state index contributed by atoms with van der Waals surface area (Å²) in [5, 5.41) is 0. The lowest BCUT2D eigenvalue weighted by atomic mass is 10.2. The van der Waals surface area contributed by atoms with E-state index >= 15 is 0 Å². The van der Waals surface area contributed by atoms with Gasteiger partial charge in [-0.2, -0.15) is 0 Å². The van der Waals surface area contributed by atoms with Gasteiger partial charge in [0.2, 0.25) is 9.04 Å². The van der Waals surface area contributed by atoms with Crippen molar-refractivity contribution in [1.82, 2.24) is 0 Å². The minimum atomic E-state index is -0.637. The maximum Gasteiger partial charge on any atom is 0.204 e. The van der Waals surface area contributed by atoms with E-state index < -0.39 is 9.04 Å². The van der Waals surface area contributed by atoms with Crippen LogP contribution in [-0.4, -0.2) is 21.4 Å². The first kappa shape index (κ1) is 10.6. The standard InChI is InChI=1S/C8H15O2Si/c1-7(2)8(9)5-6-10-11(3)4/h1,5-6H2,2-4H3. The number of carbonyl (C=O) groups excluding carboxylic acids is 1. The highest BCUT2D eigenvalue weighted by Gasteiger charge is 2.02. The lowest BCUT2D eigenvalue weighted by Crippen LogP contribution is -2.12. The molecule has 2 nitrogen and oxygen atoms in total. The summed E-state index contributed by atoms with van der Waals surface area (Å²) in [6.07, 6.45) is 0.477. The third kappa shape index (κ3) is 6.00. The number of allylic oxidation sites excluding steroid dienone is 1. The van der Waals surface area contributed by atoms with E-state index in [0.717, 1.165) is 0 Å². The molecule has 0 saturated carbocycles. The molecule has 1 radical (unpaired) electrons. The monoisotopic (exact) mass is 171 g/mol. The van der Waals surface area contributed by atoms with Gasteiger partial charge in [0.15, 0.2) is 5.78 Å². The van der Waals surface area contributed by atoms with Crippen LogP contribution in [0.4, 0.5) is 0 Å². The van der Waals surface area contributed by atoms with Crippen molar-refractivity contribution in [2.75, 3.05) is 6.61 Å². The van der Waals surface area contributed by atoms with Crippen molar-refractivity contribution in [3.8, 4) is 0 Å². The summed E-state index contributed by atoms with van der Waals surface area (Å²) in [4.78, 5) is 11.0. The molecule has 0 N–H and O–H groups in total. The van der Waals surface area contributed by atoms with Crippen LogP contribution in [0.3, 0.4) is 0 Å². The Bertz CT molecular complexity index is 152. The van der Waals surface area contributed by atoms with Crippen molar-refractivity contribution in [1.29, 1.82) is 0 Å². The molecule has 0 bridgehead atoms. The van der Waals surface area contributed by atoms with Gasteiger partial charge in [0.25, 0.3) is 0 Å². The third-order valence-electron chi connectivity index (χ3n) is 1.20. The van der Waals surface area contributed by atoms with E-state index in [2.05, 4.69) is 19.7 Å². The van der Waals surface area contributed by atoms with Crippen LogP contribution in [0, 0.1) is 0 Å². The summed E-state index contributed by atoms with van der Waals surface area (Å²) in [5.74, 6) is 0.105. The van der Waals surface area contributed by atoms with Crippen molar-refractivity contribution < 1.29 is 9.22 Å². The molecule has 11 heavy (non-hydrogen) atoms. The predicted octanol–water partition coefficient (Wildman–Crippen LogP) is 1.79. The van der Waals surface area contributed by atoms with Crippen LogP contribution in [0.2, 0.25) is 13.1 Å². The molecule has 0 aliphatic carbocycles. The number of hydrogen-bond donors (Lipinski definition) is 0.